The van der Waals surface area contributed by atoms with E-state index in [0.717, 1.165) is 44.0 Å². The van der Waals surface area contributed by atoms with Gasteiger partial charge in [-0.3, -0.25) is 0 Å². The van der Waals surface area contributed by atoms with E-state index in [2.05, 4.69) is 136 Å². The van der Waals surface area contributed by atoms with Crippen molar-refractivity contribution in [2.24, 2.45) is 0 Å². The Morgan fingerprint density at radius 2 is 1.18 bits per heavy atom. The highest BCUT2D eigenvalue weighted by Crippen LogP contribution is 2.36. The molecule has 0 radical (unpaired) electrons. The van der Waals surface area contributed by atoms with Gasteiger partial charge < -0.3 is 18.3 Å². The summed E-state index contributed by atoms with van der Waals surface area (Å²) < 4.78 is 22.2. The van der Waals surface area contributed by atoms with Crippen LogP contribution in [-0.2, 0) is 9.31 Å². The predicted molar refractivity (Wildman–Crippen MR) is 207 cm³/mol. The fourth-order valence-electron chi connectivity index (χ4n) is 7.18. The van der Waals surface area contributed by atoms with Gasteiger partial charge in [0.15, 0.2) is 0 Å². The molecule has 1 saturated heterocycles. The van der Waals surface area contributed by atoms with Crippen LogP contribution in [0.4, 0.5) is 0 Å². The van der Waals surface area contributed by atoms with Gasteiger partial charge in [-0.05, 0) is 45.3 Å². The zero-order chi connectivity index (χ0) is 31.5. The highest BCUT2D eigenvalue weighted by Gasteiger charge is 2.52. The Labute approximate surface area is 265 Å². The van der Waals surface area contributed by atoms with Crippen molar-refractivity contribution >= 4 is 139 Å². The summed E-state index contributed by atoms with van der Waals surface area (Å²) in [7, 11) is 14.8. The van der Waals surface area contributed by atoms with Crippen LogP contribution in [0.1, 0.15) is 27.7 Å². The normalized spacial score (nSPS) is 16.0. The third-order valence-corrected chi connectivity index (χ3v) is 10.8. The number of aromatic nitrogens is 2. The van der Waals surface area contributed by atoms with Gasteiger partial charge in [0, 0.05) is 22.0 Å². The lowest BCUT2D eigenvalue weighted by molar-refractivity contribution is 0.00578. The second-order valence-corrected chi connectivity index (χ2v) is 13.7. The summed E-state index contributed by atoms with van der Waals surface area (Å²) in [6.07, 6.45) is 0. The van der Waals surface area contributed by atoms with Gasteiger partial charge in [-0.25, -0.2) is 4.98 Å². The van der Waals surface area contributed by atoms with Crippen LogP contribution in [0, 0.1) is 0 Å². The van der Waals surface area contributed by atoms with Crippen molar-refractivity contribution in [3.63, 3.8) is 0 Å². The van der Waals surface area contributed by atoms with Crippen molar-refractivity contribution in [2.45, 2.75) is 38.9 Å². The van der Waals surface area contributed by atoms with E-state index in [4.69, 9.17) is 18.7 Å². The van der Waals surface area contributed by atoms with Gasteiger partial charge in [0.05, 0.1) is 22.2 Å². The molecule has 210 valence electrons. The summed E-state index contributed by atoms with van der Waals surface area (Å²) in [6, 6.07) is 17.3. The number of fused-ring (bicyclic) bond motifs is 4. The van der Waals surface area contributed by atoms with Crippen LogP contribution < -0.4 is 43.7 Å². The van der Waals surface area contributed by atoms with Gasteiger partial charge in [0.2, 0.25) is 5.89 Å². The fourth-order valence-corrected chi connectivity index (χ4v) is 7.18. The van der Waals surface area contributed by atoms with Crippen molar-refractivity contribution in [1.29, 1.82) is 0 Å². The first-order valence-electron chi connectivity index (χ1n) is 15.6. The van der Waals surface area contributed by atoms with Gasteiger partial charge in [-0.2, -0.15) is 0 Å². The third kappa shape index (κ3) is 3.94. The number of benzene rings is 4. The second-order valence-electron chi connectivity index (χ2n) is 13.7. The average Bonchev–Trinajstić information content (AvgIpc) is 3.62. The number of oxazole rings is 1. The average molecular weight is 569 g/mol. The molecule has 0 aliphatic carbocycles. The monoisotopic (exact) mass is 570 g/mol. The van der Waals surface area contributed by atoms with Crippen molar-refractivity contribution in [1.82, 2.24) is 9.55 Å². The maximum atomic E-state index is 6.75. The topological polar surface area (TPSA) is 49.4 Å². The molecule has 4 aromatic carbocycles. The molecule has 0 amide bonds. The highest BCUT2D eigenvalue weighted by atomic mass is 16.7. The molecule has 5 nitrogen and oxygen atoms in total. The van der Waals surface area contributed by atoms with Crippen LogP contribution in [0.3, 0.4) is 0 Å². The summed E-state index contributed by atoms with van der Waals surface area (Å²) in [4.78, 5) is 5.24. The lowest BCUT2D eigenvalue weighted by atomic mass is 9.60. The first kappa shape index (κ1) is 29.3. The Morgan fingerprint density at radius 1 is 0.636 bits per heavy atom. The second kappa shape index (κ2) is 9.79. The smallest absolute Gasteiger partial charge is 0.437 e. The Hall–Kier alpha value is -3.41. The van der Waals surface area contributed by atoms with Gasteiger partial charge >= 0.3 is 7.12 Å². The minimum atomic E-state index is -0.463. The molecule has 6 aromatic rings. The molecule has 1 aliphatic heterocycles. The maximum absolute atomic E-state index is 6.75. The third-order valence-electron chi connectivity index (χ3n) is 10.8. The molecule has 1 aliphatic rings. The van der Waals surface area contributed by atoms with Crippen molar-refractivity contribution in [2.75, 3.05) is 0 Å². The molecular weight excluding hydrogens is 535 g/mol. The first-order valence-corrected chi connectivity index (χ1v) is 15.6. The highest BCUT2D eigenvalue weighted by molar-refractivity contribution is 6.76. The quantitative estimate of drug-likeness (QED) is 0.200. The minimum absolute atomic E-state index is 0.425. The molecule has 2 aromatic heterocycles. The molecule has 0 spiro atoms. The molecular formula is C31H34B8N2O3. The molecule has 0 atom stereocenters. The largest absolute Gasteiger partial charge is 0.493 e. The number of nitrogens with zero attached hydrogens (tertiary/aromatic N) is 2. The first-order chi connectivity index (χ1) is 20.7. The summed E-state index contributed by atoms with van der Waals surface area (Å²) in [6.45, 7) is 8.38. The Balaban J connectivity index is 1.48. The Bertz CT molecular complexity index is 2120. The lowest BCUT2D eigenvalue weighted by Gasteiger charge is -2.32. The standard InChI is InChI=1S/C31H34B8N2O3/c1-30(2)31(3,4)44-39(43-30)25-21(35)23(37)28-26(24(25)38)40-29(42-28)17-18(32)20(34)22(36)27(19(17)33)41-15-11-7-5-9-13(15)14-10-6-8-12-16(14)41/h5-12H,32-38H2,1-4H3. The maximum Gasteiger partial charge on any atom is 0.493 e. The van der Waals surface area contributed by atoms with Crippen LogP contribution in [0.15, 0.2) is 52.9 Å². The number of hydrogen-bond donors (Lipinski definition) is 0. The van der Waals surface area contributed by atoms with Crippen molar-refractivity contribution in [3.8, 4) is 17.1 Å². The molecule has 7 rings (SSSR count). The summed E-state index contributed by atoms with van der Waals surface area (Å²) in [5.74, 6) is 0.650. The van der Waals surface area contributed by atoms with E-state index in [9.17, 15) is 0 Å². The Morgan fingerprint density at radius 3 is 1.75 bits per heavy atom. The van der Waals surface area contributed by atoms with E-state index in [1.165, 1.54) is 43.9 Å². The molecule has 44 heavy (non-hydrogen) atoms. The predicted octanol–water partition coefficient (Wildman–Crippen LogP) is -5.30. The summed E-state index contributed by atoms with van der Waals surface area (Å²) >= 11 is 0. The molecule has 3 heterocycles. The molecule has 0 saturated carbocycles. The number of rotatable bonds is 3. The SMILES string of the molecule is Bc1c(B)c(-c2nc3c(B)c(B4OC(C)(C)C(C)(C)O4)c(B)c(B)c3o2)c(B)c(-n2c3ccccc3c3ccccc32)c1B. The van der Waals surface area contributed by atoms with Gasteiger partial charge in [-0.15, -0.1) is 0 Å². The van der Waals surface area contributed by atoms with E-state index < -0.39 is 18.3 Å². The fraction of sp³-hybridized carbons (Fsp3) is 0.194. The summed E-state index contributed by atoms with van der Waals surface area (Å²) in [5, 5.41) is 2.50. The van der Waals surface area contributed by atoms with Crippen LogP contribution in [-0.4, -0.2) is 82.8 Å². The van der Waals surface area contributed by atoms with E-state index in [1.54, 1.807) is 0 Å². The van der Waals surface area contributed by atoms with E-state index in [1.807, 2.05) is 0 Å². The molecule has 0 bridgehead atoms. The van der Waals surface area contributed by atoms with Crippen LogP contribution >= 0.6 is 0 Å². The van der Waals surface area contributed by atoms with Gasteiger partial charge in [0.25, 0.3) is 0 Å². The zero-order valence-electron chi connectivity index (χ0n) is 27.8. The van der Waals surface area contributed by atoms with Gasteiger partial charge in [-0.1, -0.05) is 74.6 Å². The molecule has 0 N–H and O–H groups in total. The van der Waals surface area contributed by atoms with E-state index >= 15 is 0 Å². The lowest BCUT2D eigenvalue weighted by Crippen LogP contribution is -2.57. The van der Waals surface area contributed by atoms with Crippen molar-refractivity contribution in [3.05, 3.63) is 48.5 Å². The van der Waals surface area contributed by atoms with Crippen LogP contribution in [0.25, 0.3) is 50.0 Å². The number of para-hydroxylation sites is 2. The minimum Gasteiger partial charge on any atom is -0.437 e. The van der Waals surface area contributed by atoms with Gasteiger partial charge in [0.1, 0.15) is 66.0 Å². The van der Waals surface area contributed by atoms with Crippen molar-refractivity contribution < 1.29 is 13.7 Å². The zero-order valence-corrected chi connectivity index (χ0v) is 27.8. The molecule has 0 unspecified atom stereocenters. The van der Waals surface area contributed by atoms with Crippen LogP contribution in [0.5, 0.6) is 0 Å². The summed E-state index contributed by atoms with van der Waals surface area (Å²) in [5.41, 5.74) is 14.6. The van der Waals surface area contributed by atoms with Crippen LogP contribution in [0.2, 0.25) is 0 Å². The Kier molecular flexibility index (Phi) is 6.52. The number of hydrogen-bond acceptors (Lipinski definition) is 4. The van der Waals surface area contributed by atoms with E-state index in [0.29, 0.717) is 5.89 Å². The molecule has 13 heteroatoms. The van der Waals surface area contributed by atoms with E-state index in [-0.39, 0.29) is 0 Å². The molecule has 1 fully saturated rings.